The number of halogens is 2. The highest BCUT2D eigenvalue weighted by molar-refractivity contribution is 7.90. The number of hydrogen-bond acceptors (Lipinski definition) is 4. The molecule has 0 unspecified atom stereocenters. The van der Waals surface area contributed by atoms with Gasteiger partial charge in [0.2, 0.25) is 0 Å². The Labute approximate surface area is 160 Å². The second-order valence-electron chi connectivity index (χ2n) is 6.03. The predicted octanol–water partition coefficient (Wildman–Crippen LogP) is 3.28. The van der Waals surface area contributed by atoms with E-state index in [9.17, 15) is 22.0 Å². The smallest absolute Gasteiger partial charge is 0.285 e. The Balaban J connectivity index is 1.98. The van der Waals surface area contributed by atoms with Gasteiger partial charge in [-0.1, -0.05) is 24.3 Å². The quantitative estimate of drug-likeness (QED) is 0.706. The number of hydrogen-bond donors (Lipinski definition) is 1. The summed E-state index contributed by atoms with van der Waals surface area (Å²) in [5, 5.41) is 0. The molecule has 1 heterocycles. The number of amides is 1. The normalized spacial score (nSPS) is 11.4. The molecule has 0 fully saturated rings. The van der Waals surface area contributed by atoms with Crippen molar-refractivity contribution < 1.29 is 22.0 Å². The molecule has 0 radical (unpaired) electrons. The van der Waals surface area contributed by atoms with Gasteiger partial charge in [0.05, 0.1) is 10.5 Å². The zero-order valence-electron chi connectivity index (χ0n) is 15.1. The summed E-state index contributed by atoms with van der Waals surface area (Å²) < 4.78 is 56.5. The van der Waals surface area contributed by atoms with Crippen LogP contribution in [0.2, 0.25) is 0 Å². The molecule has 3 rings (SSSR count). The third-order valence-corrected chi connectivity index (χ3v) is 5.64. The summed E-state index contributed by atoms with van der Waals surface area (Å²) in [5.74, 6) is -2.76. The summed E-state index contributed by atoms with van der Waals surface area (Å²) >= 11 is 0. The Kier molecular flexibility index (Phi) is 5.28. The van der Waals surface area contributed by atoms with Gasteiger partial charge in [-0.05, 0) is 37.6 Å². The Morgan fingerprint density at radius 2 is 1.75 bits per heavy atom. The molecular weight excluding hydrogens is 388 g/mol. The first-order valence-corrected chi connectivity index (χ1v) is 9.87. The van der Waals surface area contributed by atoms with Gasteiger partial charge in [0.1, 0.15) is 23.2 Å². The SMILES string of the molecule is CCn1cc(C(=O)NS(=O)(=O)c2ccccc2C)nc1-c1c(F)cccc1F. The van der Waals surface area contributed by atoms with E-state index in [2.05, 4.69) is 4.98 Å². The number of carbonyl (C=O) groups excluding carboxylic acids is 1. The van der Waals surface area contributed by atoms with E-state index in [1.807, 2.05) is 4.72 Å². The van der Waals surface area contributed by atoms with Crippen LogP contribution < -0.4 is 4.72 Å². The summed E-state index contributed by atoms with van der Waals surface area (Å²) in [7, 11) is -4.13. The number of imidazole rings is 1. The largest absolute Gasteiger partial charge is 0.330 e. The molecule has 0 atom stereocenters. The van der Waals surface area contributed by atoms with E-state index in [0.29, 0.717) is 5.56 Å². The Morgan fingerprint density at radius 3 is 2.36 bits per heavy atom. The average Bonchev–Trinajstić information content (AvgIpc) is 3.05. The highest BCUT2D eigenvalue weighted by atomic mass is 32.2. The summed E-state index contributed by atoms with van der Waals surface area (Å²) in [5.41, 5.74) is -0.183. The van der Waals surface area contributed by atoms with Crippen LogP contribution >= 0.6 is 0 Å². The van der Waals surface area contributed by atoms with Gasteiger partial charge in [0.15, 0.2) is 0 Å². The monoisotopic (exact) mass is 405 g/mol. The maximum atomic E-state index is 14.1. The molecule has 1 aromatic heterocycles. The molecule has 3 aromatic rings. The molecule has 28 heavy (non-hydrogen) atoms. The number of benzene rings is 2. The molecule has 0 saturated carbocycles. The number of carbonyl (C=O) groups is 1. The lowest BCUT2D eigenvalue weighted by Gasteiger charge is -2.07. The first-order chi connectivity index (χ1) is 13.2. The van der Waals surface area contributed by atoms with Crippen molar-refractivity contribution in [3.8, 4) is 11.4 Å². The number of aryl methyl sites for hydroxylation is 2. The average molecular weight is 405 g/mol. The van der Waals surface area contributed by atoms with Crippen molar-refractivity contribution in [3.63, 3.8) is 0 Å². The van der Waals surface area contributed by atoms with Crippen LogP contribution in [0.5, 0.6) is 0 Å². The minimum Gasteiger partial charge on any atom is -0.330 e. The maximum Gasteiger partial charge on any atom is 0.285 e. The second kappa shape index (κ2) is 7.51. The van der Waals surface area contributed by atoms with E-state index in [0.717, 1.165) is 12.1 Å². The lowest BCUT2D eigenvalue weighted by Crippen LogP contribution is -2.31. The molecule has 0 saturated heterocycles. The number of rotatable bonds is 5. The topological polar surface area (TPSA) is 81.1 Å². The standard InChI is InChI=1S/C19H17F2N3O3S/c1-3-24-11-15(22-18(24)17-13(20)8-6-9-14(17)21)19(25)23-28(26,27)16-10-5-4-7-12(16)2/h4-11H,3H2,1-2H3,(H,23,25). The van der Waals surface area contributed by atoms with Gasteiger partial charge in [-0.25, -0.2) is 26.9 Å². The van der Waals surface area contributed by atoms with Crippen molar-refractivity contribution in [1.82, 2.24) is 14.3 Å². The van der Waals surface area contributed by atoms with Gasteiger partial charge in [-0.15, -0.1) is 0 Å². The van der Waals surface area contributed by atoms with Crippen LogP contribution in [-0.2, 0) is 16.6 Å². The Morgan fingerprint density at radius 1 is 1.11 bits per heavy atom. The molecule has 9 heteroatoms. The fourth-order valence-electron chi connectivity index (χ4n) is 2.76. The number of sulfonamides is 1. The summed E-state index contributed by atoms with van der Waals surface area (Å²) in [6, 6.07) is 9.56. The predicted molar refractivity (Wildman–Crippen MR) is 99.1 cm³/mol. The molecular formula is C19H17F2N3O3S. The minimum absolute atomic E-state index is 0.0429. The minimum atomic E-state index is -4.13. The summed E-state index contributed by atoms with van der Waals surface area (Å²) in [6.07, 6.45) is 1.25. The first-order valence-electron chi connectivity index (χ1n) is 8.39. The Bertz CT molecular complexity index is 1140. The van der Waals surface area contributed by atoms with Crippen molar-refractivity contribution in [2.75, 3.05) is 0 Å². The van der Waals surface area contributed by atoms with Crippen LogP contribution in [0.1, 0.15) is 23.0 Å². The van der Waals surface area contributed by atoms with Gasteiger partial charge < -0.3 is 4.57 Å². The van der Waals surface area contributed by atoms with Crippen molar-refractivity contribution >= 4 is 15.9 Å². The second-order valence-corrected chi connectivity index (χ2v) is 7.68. The van der Waals surface area contributed by atoms with Gasteiger partial charge in [0.25, 0.3) is 15.9 Å². The Hall–Kier alpha value is -3.07. The number of aromatic nitrogens is 2. The molecule has 6 nitrogen and oxygen atoms in total. The molecule has 0 spiro atoms. The van der Waals surface area contributed by atoms with Gasteiger partial charge in [-0.3, -0.25) is 4.79 Å². The van der Waals surface area contributed by atoms with E-state index in [4.69, 9.17) is 0 Å². The van der Waals surface area contributed by atoms with E-state index >= 15 is 0 Å². The van der Waals surface area contributed by atoms with E-state index in [-0.39, 0.29) is 28.5 Å². The zero-order chi connectivity index (χ0) is 20.5. The maximum absolute atomic E-state index is 14.1. The van der Waals surface area contributed by atoms with Crippen molar-refractivity contribution in [3.05, 3.63) is 71.6 Å². The third-order valence-electron chi connectivity index (χ3n) is 4.15. The van der Waals surface area contributed by atoms with Gasteiger partial charge in [0, 0.05) is 12.7 Å². The molecule has 0 aliphatic heterocycles. The molecule has 1 N–H and O–H groups in total. The van der Waals surface area contributed by atoms with Crippen molar-refractivity contribution in [2.24, 2.45) is 0 Å². The summed E-state index contributed by atoms with van der Waals surface area (Å²) in [6.45, 7) is 3.58. The number of nitrogens with zero attached hydrogens (tertiary/aromatic N) is 2. The molecule has 0 bridgehead atoms. The fourth-order valence-corrected chi connectivity index (χ4v) is 3.97. The lowest BCUT2D eigenvalue weighted by molar-refractivity contribution is 0.0977. The highest BCUT2D eigenvalue weighted by Gasteiger charge is 2.24. The molecule has 2 aromatic carbocycles. The van der Waals surface area contributed by atoms with Crippen LogP contribution in [0.3, 0.4) is 0 Å². The van der Waals surface area contributed by atoms with Crippen LogP contribution in [0.25, 0.3) is 11.4 Å². The van der Waals surface area contributed by atoms with Crippen LogP contribution in [0, 0.1) is 18.6 Å². The van der Waals surface area contributed by atoms with Crippen LogP contribution in [0.15, 0.2) is 53.6 Å². The third kappa shape index (κ3) is 3.65. The van der Waals surface area contributed by atoms with E-state index in [1.54, 1.807) is 26.0 Å². The van der Waals surface area contributed by atoms with E-state index < -0.39 is 27.6 Å². The van der Waals surface area contributed by atoms with Gasteiger partial charge >= 0.3 is 0 Å². The zero-order valence-corrected chi connectivity index (χ0v) is 15.9. The van der Waals surface area contributed by atoms with Crippen LogP contribution in [-0.4, -0.2) is 23.9 Å². The molecule has 0 aliphatic carbocycles. The summed E-state index contributed by atoms with van der Waals surface area (Å²) in [4.78, 5) is 16.4. The molecule has 1 amide bonds. The fraction of sp³-hybridized carbons (Fsp3) is 0.158. The van der Waals surface area contributed by atoms with Crippen LogP contribution in [0.4, 0.5) is 8.78 Å². The lowest BCUT2D eigenvalue weighted by atomic mass is 10.2. The van der Waals surface area contributed by atoms with Crippen molar-refractivity contribution in [2.45, 2.75) is 25.3 Å². The molecule has 146 valence electrons. The highest BCUT2D eigenvalue weighted by Crippen LogP contribution is 2.26. The van der Waals surface area contributed by atoms with Gasteiger partial charge in [-0.2, -0.15) is 0 Å². The van der Waals surface area contributed by atoms with E-state index in [1.165, 1.54) is 29.0 Å². The number of nitrogens with one attached hydrogen (secondary N) is 1. The first kappa shape index (κ1) is 19.7. The molecule has 0 aliphatic rings. The van der Waals surface area contributed by atoms with Crippen molar-refractivity contribution in [1.29, 1.82) is 0 Å².